The second-order valence-electron chi connectivity index (χ2n) is 3.72. The Hall–Kier alpha value is -0.730. The monoisotopic (exact) mass is 273 g/mol. The lowest BCUT2D eigenvalue weighted by atomic mass is 10.1. The van der Waals surface area contributed by atoms with Gasteiger partial charge in [0.05, 0.1) is 0 Å². The van der Waals surface area contributed by atoms with Gasteiger partial charge in [-0.25, -0.2) is 0 Å². The maximum Gasteiger partial charge on any atom is 0.253 e. The number of benzene rings is 1. The lowest BCUT2D eigenvalue weighted by Gasteiger charge is -2.20. The van der Waals surface area contributed by atoms with Crippen LogP contribution in [0.5, 0.6) is 0 Å². The maximum absolute atomic E-state index is 12.1. The van der Waals surface area contributed by atoms with Crippen LogP contribution in [0.3, 0.4) is 0 Å². The van der Waals surface area contributed by atoms with Crippen LogP contribution < -0.4 is 0 Å². The highest BCUT2D eigenvalue weighted by atomic mass is 35.5. The number of aryl methyl sites for hydroxylation is 1. The summed E-state index contributed by atoms with van der Waals surface area (Å²) >= 11 is 11.3. The van der Waals surface area contributed by atoms with E-state index in [9.17, 15) is 4.79 Å². The van der Waals surface area contributed by atoms with Crippen molar-refractivity contribution in [2.45, 2.75) is 13.3 Å². The lowest BCUT2D eigenvalue weighted by Crippen LogP contribution is -2.34. The molecule has 0 aromatic heterocycles. The lowest BCUT2D eigenvalue weighted by molar-refractivity contribution is 0.0775. The molecule has 1 rings (SSSR count). The van der Waals surface area contributed by atoms with Gasteiger partial charge in [0.15, 0.2) is 0 Å². The van der Waals surface area contributed by atoms with E-state index in [2.05, 4.69) is 6.92 Å². The molecule has 0 unspecified atom stereocenters. The number of nitrogens with zero attached hydrogens (tertiary/aromatic N) is 1. The van der Waals surface area contributed by atoms with Gasteiger partial charge in [-0.3, -0.25) is 4.79 Å². The SMILES string of the molecule is CCc1ccc(C(=O)N(CCCl)CCCl)cc1. The zero-order valence-corrected chi connectivity index (χ0v) is 11.5. The van der Waals surface area contributed by atoms with Crippen LogP contribution >= 0.6 is 23.2 Å². The summed E-state index contributed by atoms with van der Waals surface area (Å²) in [5.74, 6) is 0.847. The van der Waals surface area contributed by atoms with Crippen LogP contribution in [0.4, 0.5) is 0 Å². The topological polar surface area (TPSA) is 20.3 Å². The Kier molecular flexibility index (Phi) is 6.38. The number of carbonyl (C=O) groups is 1. The Labute approximate surface area is 113 Å². The maximum atomic E-state index is 12.1. The van der Waals surface area contributed by atoms with Crippen LogP contribution in [0.15, 0.2) is 24.3 Å². The molecule has 0 fully saturated rings. The standard InChI is InChI=1S/C13H17Cl2NO/c1-2-11-3-5-12(6-4-11)13(17)16(9-7-14)10-8-15/h3-6H,2,7-10H2,1H3. The smallest absolute Gasteiger partial charge is 0.253 e. The zero-order valence-electron chi connectivity index (χ0n) is 9.96. The molecule has 0 radical (unpaired) electrons. The van der Waals surface area contributed by atoms with E-state index in [1.54, 1.807) is 4.90 Å². The molecule has 0 saturated heterocycles. The molecule has 4 heteroatoms. The molecule has 0 atom stereocenters. The molecular weight excluding hydrogens is 257 g/mol. The Bertz CT molecular complexity index is 345. The fraction of sp³-hybridized carbons (Fsp3) is 0.462. The van der Waals surface area contributed by atoms with Crippen LogP contribution in [-0.2, 0) is 6.42 Å². The van der Waals surface area contributed by atoms with Crippen molar-refractivity contribution in [3.63, 3.8) is 0 Å². The summed E-state index contributed by atoms with van der Waals surface area (Å²) in [5.41, 5.74) is 1.92. The number of rotatable bonds is 6. The van der Waals surface area contributed by atoms with Crippen molar-refractivity contribution in [1.82, 2.24) is 4.90 Å². The zero-order chi connectivity index (χ0) is 12.7. The van der Waals surface area contributed by atoms with Gasteiger partial charge >= 0.3 is 0 Å². The van der Waals surface area contributed by atoms with E-state index < -0.39 is 0 Å². The Balaban J connectivity index is 2.77. The normalized spacial score (nSPS) is 10.3. The van der Waals surface area contributed by atoms with Gasteiger partial charge in [0.25, 0.3) is 5.91 Å². The Morgan fingerprint density at radius 2 is 1.65 bits per heavy atom. The molecular formula is C13H17Cl2NO. The number of halogens is 2. The predicted octanol–water partition coefficient (Wildman–Crippen LogP) is 3.17. The second-order valence-corrected chi connectivity index (χ2v) is 4.48. The van der Waals surface area contributed by atoms with Crippen LogP contribution in [0.2, 0.25) is 0 Å². The first-order valence-corrected chi connectivity index (χ1v) is 6.80. The summed E-state index contributed by atoms with van der Waals surface area (Å²) in [5, 5.41) is 0. The number of alkyl halides is 2. The van der Waals surface area contributed by atoms with Crippen molar-refractivity contribution in [3.8, 4) is 0 Å². The van der Waals surface area contributed by atoms with Crippen LogP contribution in [0, 0.1) is 0 Å². The molecule has 0 aliphatic carbocycles. The summed E-state index contributed by atoms with van der Waals surface area (Å²) in [6.07, 6.45) is 0.974. The fourth-order valence-corrected chi connectivity index (χ4v) is 1.99. The van der Waals surface area contributed by atoms with E-state index in [4.69, 9.17) is 23.2 Å². The number of carbonyl (C=O) groups excluding carboxylic acids is 1. The van der Waals surface area contributed by atoms with Crippen molar-refractivity contribution in [2.24, 2.45) is 0 Å². The van der Waals surface area contributed by atoms with E-state index in [1.165, 1.54) is 5.56 Å². The molecule has 94 valence electrons. The minimum atomic E-state index is -0.00560. The molecule has 1 aromatic rings. The molecule has 2 nitrogen and oxygen atoms in total. The molecule has 0 heterocycles. The van der Waals surface area contributed by atoms with Gasteiger partial charge in [-0.2, -0.15) is 0 Å². The van der Waals surface area contributed by atoms with Gasteiger partial charge in [0, 0.05) is 30.4 Å². The molecule has 0 spiro atoms. The molecule has 1 aromatic carbocycles. The van der Waals surface area contributed by atoms with Crippen molar-refractivity contribution in [2.75, 3.05) is 24.8 Å². The van der Waals surface area contributed by atoms with E-state index in [-0.39, 0.29) is 5.91 Å². The summed E-state index contributed by atoms with van der Waals surface area (Å²) in [6, 6.07) is 7.67. The molecule has 0 aliphatic heterocycles. The highest BCUT2D eigenvalue weighted by Crippen LogP contribution is 2.08. The van der Waals surface area contributed by atoms with Gasteiger partial charge in [-0.15, -0.1) is 23.2 Å². The quantitative estimate of drug-likeness (QED) is 0.730. The minimum Gasteiger partial charge on any atom is -0.336 e. The number of hydrogen-bond donors (Lipinski definition) is 0. The van der Waals surface area contributed by atoms with Gasteiger partial charge in [-0.05, 0) is 24.1 Å². The van der Waals surface area contributed by atoms with Crippen LogP contribution in [0.25, 0.3) is 0 Å². The highest BCUT2D eigenvalue weighted by molar-refractivity contribution is 6.18. The number of amides is 1. The first-order valence-electron chi connectivity index (χ1n) is 5.73. The van der Waals surface area contributed by atoms with E-state index >= 15 is 0 Å². The predicted molar refractivity (Wildman–Crippen MR) is 73.2 cm³/mol. The first-order chi connectivity index (χ1) is 8.22. The fourth-order valence-electron chi connectivity index (χ4n) is 1.58. The summed E-state index contributed by atoms with van der Waals surface area (Å²) in [7, 11) is 0. The van der Waals surface area contributed by atoms with Gasteiger partial charge < -0.3 is 4.90 Å². The van der Waals surface area contributed by atoms with Crippen molar-refractivity contribution in [1.29, 1.82) is 0 Å². The van der Waals surface area contributed by atoms with E-state index in [1.807, 2.05) is 24.3 Å². The average Bonchev–Trinajstić information content (AvgIpc) is 2.38. The molecule has 0 bridgehead atoms. The minimum absolute atomic E-state index is 0.00560. The second kappa shape index (κ2) is 7.57. The van der Waals surface area contributed by atoms with Crippen LogP contribution in [-0.4, -0.2) is 35.7 Å². The molecule has 1 amide bonds. The van der Waals surface area contributed by atoms with Gasteiger partial charge in [-0.1, -0.05) is 19.1 Å². The van der Waals surface area contributed by atoms with Crippen molar-refractivity contribution >= 4 is 29.1 Å². The van der Waals surface area contributed by atoms with E-state index in [0.29, 0.717) is 30.4 Å². The first kappa shape index (κ1) is 14.3. The summed E-state index contributed by atoms with van der Waals surface area (Å²) in [6.45, 7) is 3.15. The summed E-state index contributed by atoms with van der Waals surface area (Å²) in [4.78, 5) is 13.8. The van der Waals surface area contributed by atoms with Crippen LogP contribution in [0.1, 0.15) is 22.8 Å². The number of hydrogen-bond acceptors (Lipinski definition) is 1. The van der Waals surface area contributed by atoms with Crippen molar-refractivity contribution < 1.29 is 4.79 Å². The third-order valence-electron chi connectivity index (χ3n) is 2.61. The molecule has 0 N–H and O–H groups in total. The highest BCUT2D eigenvalue weighted by Gasteiger charge is 2.14. The molecule has 0 aliphatic rings. The summed E-state index contributed by atoms with van der Waals surface area (Å²) < 4.78 is 0. The molecule has 17 heavy (non-hydrogen) atoms. The Morgan fingerprint density at radius 3 is 2.06 bits per heavy atom. The third kappa shape index (κ3) is 4.21. The van der Waals surface area contributed by atoms with Crippen molar-refractivity contribution in [3.05, 3.63) is 35.4 Å². The van der Waals surface area contributed by atoms with Gasteiger partial charge in [0.1, 0.15) is 0 Å². The Morgan fingerprint density at radius 1 is 1.12 bits per heavy atom. The largest absolute Gasteiger partial charge is 0.336 e. The molecule has 0 saturated carbocycles. The third-order valence-corrected chi connectivity index (χ3v) is 2.94. The average molecular weight is 274 g/mol. The van der Waals surface area contributed by atoms with Gasteiger partial charge in [0.2, 0.25) is 0 Å². The van der Waals surface area contributed by atoms with E-state index in [0.717, 1.165) is 6.42 Å².